The molecule has 7 heteroatoms. The molecular formula is C20H19FN2O4. The van der Waals surface area contributed by atoms with Gasteiger partial charge < -0.3 is 14.1 Å². The zero-order chi connectivity index (χ0) is 19.4. The molecule has 1 heterocycles. The molecule has 1 N–H and O–H groups in total. The number of nitrogens with zero attached hydrogens (tertiary/aromatic N) is 1. The van der Waals surface area contributed by atoms with Crippen molar-refractivity contribution < 1.29 is 18.3 Å². The molecule has 3 aromatic rings. The first-order chi connectivity index (χ1) is 13.0. The van der Waals surface area contributed by atoms with E-state index in [1.165, 1.54) is 18.2 Å². The van der Waals surface area contributed by atoms with E-state index in [-0.39, 0.29) is 12.4 Å². The van der Waals surface area contributed by atoms with E-state index in [9.17, 15) is 14.0 Å². The lowest BCUT2D eigenvalue weighted by Gasteiger charge is -2.20. The molecular weight excluding hydrogens is 351 g/mol. The summed E-state index contributed by atoms with van der Waals surface area (Å²) in [5, 5.41) is 3.32. The molecule has 140 valence electrons. The zero-order valence-corrected chi connectivity index (χ0v) is 15.0. The number of hydrogen-bond acceptors (Lipinski definition) is 5. The molecule has 1 aromatic heterocycles. The molecule has 0 bridgehead atoms. The van der Waals surface area contributed by atoms with Crippen LogP contribution in [0.25, 0.3) is 11.0 Å². The Labute approximate surface area is 155 Å². The highest BCUT2D eigenvalue weighted by Crippen LogP contribution is 2.24. The quantitative estimate of drug-likeness (QED) is 0.684. The molecule has 0 aliphatic heterocycles. The van der Waals surface area contributed by atoms with Crippen LogP contribution in [0.4, 0.5) is 20.6 Å². The van der Waals surface area contributed by atoms with Crippen molar-refractivity contribution in [3.63, 3.8) is 0 Å². The van der Waals surface area contributed by atoms with Gasteiger partial charge in [-0.15, -0.1) is 0 Å². The van der Waals surface area contributed by atoms with E-state index in [2.05, 4.69) is 5.32 Å². The summed E-state index contributed by atoms with van der Waals surface area (Å²) in [6.07, 6.45) is -0.577. The predicted octanol–water partition coefficient (Wildman–Crippen LogP) is 4.14. The van der Waals surface area contributed by atoms with Crippen LogP contribution in [0.3, 0.4) is 0 Å². The Balaban J connectivity index is 1.90. The van der Waals surface area contributed by atoms with Gasteiger partial charge in [-0.25, -0.2) is 14.0 Å². The van der Waals surface area contributed by atoms with Gasteiger partial charge in [0.05, 0.1) is 6.61 Å². The van der Waals surface area contributed by atoms with Gasteiger partial charge in [-0.05, 0) is 48.9 Å². The first-order valence-corrected chi connectivity index (χ1v) is 8.43. The summed E-state index contributed by atoms with van der Waals surface area (Å²) in [6.45, 7) is 2.40. The zero-order valence-electron chi connectivity index (χ0n) is 15.0. The molecule has 3 rings (SSSR count). The van der Waals surface area contributed by atoms with E-state index in [1.54, 1.807) is 37.3 Å². The minimum absolute atomic E-state index is 0.258. The molecule has 0 unspecified atom stereocenters. The average molecular weight is 370 g/mol. The van der Waals surface area contributed by atoms with Crippen LogP contribution in [0.2, 0.25) is 0 Å². The van der Waals surface area contributed by atoms with Crippen LogP contribution in [0.5, 0.6) is 0 Å². The second-order valence-corrected chi connectivity index (χ2v) is 5.98. The first kappa shape index (κ1) is 18.4. The van der Waals surface area contributed by atoms with Gasteiger partial charge >= 0.3 is 11.7 Å². The Morgan fingerprint density at radius 3 is 2.63 bits per heavy atom. The number of halogens is 1. The maximum atomic E-state index is 13.1. The normalized spacial score (nSPS) is 10.6. The number of nitrogens with one attached hydrogen (secondary N) is 1. The summed E-state index contributed by atoms with van der Waals surface area (Å²) < 4.78 is 23.2. The van der Waals surface area contributed by atoms with Gasteiger partial charge in [0.15, 0.2) is 0 Å². The predicted molar refractivity (Wildman–Crippen MR) is 102 cm³/mol. The second-order valence-electron chi connectivity index (χ2n) is 5.98. The molecule has 27 heavy (non-hydrogen) atoms. The third kappa shape index (κ3) is 4.44. The lowest BCUT2D eigenvalue weighted by atomic mass is 10.1. The molecule has 0 saturated heterocycles. The highest BCUT2D eigenvalue weighted by atomic mass is 19.1. The van der Waals surface area contributed by atoms with Crippen LogP contribution in [-0.4, -0.2) is 19.7 Å². The van der Waals surface area contributed by atoms with Crippen LogP contribution in [-0.2, 0) is 11.3 Å². The van der Waals surface area contributed by atoms with E-state index in [1.807, 2.05) is 11.9 Å². The van der Waals surface area contributed by atoms with Gasteiger partial charge in [-0.1, -0.05) is 0 Å². The van der Waals surface area contributed by atoms with Crippen molar-refractivity contribution in [3.05, 3.63) is 70.3 Å². The van der Waals surface area contributed by atoms with Crippen molar-refractivity contribution in [1.29, 1.82) is 0 Å². The Morgan fingerprint density at radius 1 is 1.19 bits per heavy atom. The third-order valence-electron chi connectivity index (χ3n) is 4.03. The van der Waals surface area contributed by atoms with Gasteiger partial charge in [0.2, 0.25) is 0 Å². The number of carbonyl (C=O) groups is 1. The Bertz CT molecular complexity index is 1010. The highest BCUT2D eigenvalue weighted by Gasteiger charge is 2.11. The lowest BCUT2D eigenvalue weighted by Crippen LogP contribution is -2.18. The van der Waals surface area contributed by atoms with Gasteiger partial charge in [-0.2, -0.15) is 0 Å². The summed E-state index contributed by atoms with van der Waals surface area (Å²) in [4.78, 5) is 25.4. The summed E-state index contributed by atoms with van der Waals surface area (Å²) in [6, 6.07) is 12.6. The van der Waals surface area contributed by atoms with E-state index in [0.29, 0.717) is 17.8 Å². The number of carbonyl (C=O) groups excluding carboxylic acids is 1. The summed E-state index contributed by atoms with van der Waals surface area (Å²) in [5.41, 5.74) is 1.92. The van der Waals surface area contributed by atoms with Gasteiger partial charge in [0.1, 0.15) is 11.4 Å². The Kier molecular flexibility index (Phi) is 5.40. The molecule has 1 amide bonds. The molecule has 0 aliphatic rings. The smallest absolute Gasteiger partial charge is 0.411 e. The Hall–Kier alpha value is -3.35. The molecule has 2 aromatic carbocycles. The van der Waals surface area contributed by atoms with Gasteiger partial charge in [0.25, 0.3) is 0 Å². The molecule has 0 atom stereocenters. The number of amides is 1. The van der Waals surface area contributed by atoms with Crippen molar-refractivity contribution in [2.45, 2.75) is 13.5 Å². The van der Waals surface area contributed by atoms with Crippen molar-refractivity contribution in [2.75, 3.05) is 23.9 Å². The van der Waals surface area contributed by atoms with Crippen molar-refractivity contribution in [1.82, 2.24) is 0 Å². The molecule has 0 fully saturated rings. The average Bonchev–Trinajstić information content (AvgIpc) is 2.62. The fourth-order valence-corrected chi connectivity index (χ4v) is 2.77. The minimum Gasteiger partial charge on any atom is -0.450 e. The molecule has 0 aliphatic carbocycles. The lowest BCUT2D eigenvalue weighted by molar-refractivity contribution is 0.168. The molecule has 0 radical (unpaired) electrons. The fraction of sp³-hybridized carbons (Fsp3) is 0.200. The van der Waals surface area contributed by atoms with E-state index in [0.717, 1.165) is 16.6 Å². The number of benzene rings is 2. The summed E-state index contributed by atoms with van der Waals surface area (Å²) in [5.74, 6) is -0.306. The minimum atomic E-state index is -0.577. The highest BCUT2D eigenvalue weighted by molar-refractivity contribution is 5.90. The van der Waals surface area contributed by atoms with Gasteiger partial charge in [-0.3, -0.25) is 5.32 Å². The van der Waals surface area contributed by atoms with Crippen LogP contribution in [0.15, 0.2) is 57.7 Å². The largest absolute Gasteiger partial charge is 0.450 e. The second kappa shape index (κ2) is 7.90. The molecule has 6 nitrogen and oxygen atoms in total. The standard InChI is InChI=1S/C20H19FN2O4/c1-3-26-20(25)22-15-6-9-17-13(10-19(24)27-18(17)11-15)12-23(2)16-7-4-14(21)5-8-16/h4-11H,3,12H2,1-2H3,(H,22,25). The topological polar surface area (TPSA) is 71.8 Å². The van der Waals surface area contributed by atoms with Crippen LogP contribution in [0.1, 0.15) is 12.5 Å². The Morgan fingerprint density at radius 2 is 1.93 bits per heavy atom. The van der Waals surface area contributed by atoms with Gasteiger partial charge in [0, 0.05) is 42.5 Å². The van der Waals surface area contributed by atoms with E-state index >= 15 is 0 Å². The summed E-state index contributed by atoms with van der Waals surface area (Å²) >= 11 is 0. The SMILES string of the molecule is CCOC(=O)Nc1ccc2c(CN(C)c3ccc(F)cc3)cc(=O)oc2c1. The number of anilines is 2. The third-order valence-corrected chi connectivity index (χ3v) is 4.03. The van der Waals surface area contributed by atoms with E-state index in [4.69, 9.17) is 9.15 Å². The van der Waals surface area contributed by atoms with Crippen LogP contribution < -0.4 is 15.8 Å². The summed E-state index contributed by atoms with van der Waals surface area (Å²) in [7, 11) is 1.85. The van der Waals surface area contributed by atoms with E-state index < -0.39 is 11.7 Å². The molecule has 0 spiro atoms. The van der Waals surface area contributed by atoms with Crippen LogP contribution >= 0.6 is 0 Å². The number of ether oxygens (including phenoxy) is 1. The fourth-order valence-electron chi connectivity index (χ4n) is 2.77. The number of rotatable bonds is 5. The van der Waals surface area contributed by atoms with Crippen LogP contribution in [0, 0.1) is 5.82 Å². The van der Waals surface area contributed by atoms with Crippen molar-refractivity contribution in [2.24, 2.45) is 0 Å². The monoisotopic (exact) mass is 370 g/mol. The maximum Gasteiger partial charge on any atom is 0.411 e. The molecule has 0 saturated carbocycles. The van der Waals surface area contributed by atoms with Crippen molar-refractivity contribution >= 4 is 28.4 Å². The van der Waals surface area contributed by atoms with Crippen molar-refractivity contribution in [3.8, 4) is 0 Å². The first-order valence-electron chi connectivity index (χ1n) is 8.43. The number of fused-ring (bicyclic) bond motifs is 1. The maximum absolute atomic E-state index is 13.1. The number of hydrogen-bond donors (Lipinski definition) is 1.